The van der Waals surface area contributed by atoms with E-state index in [1.807, 2.05) is 0 Å². The van der Waals surface area contributed by atoms with Crippen LogP contribution in [0.25, 0.3) is 0 Å². The lowest BCUT2D eigenvalue weighted by Gasteiger charge is -2.20. The zero-order valence-electron chi connectivity index (χ0n) is 10.2. The zero-order valence-corrected chi connectivity index (χ0v) is 10.9. The third-order valence-electron chi connectivity index (χ3n) is 2.42. The fraction of sp³-hybridized carbons (Fsp3) is 0.182. The second kappa shape index (κ2) is 6.11. The first-order valence-corrected chi connectivity index (χ1v) is 5.92. The van der Waals surface area contributed by atoms with Gasteiger partial charge in [-0.15, -0.1) is 5.10 Å². The van der Waals surface area contributed by atoms with E-state index >= 15 is 0 Å². The minimum atomic E-state index is -1.12. The highest BCUT2D eigenvalue weighted by molar-refractivity contribution is 6.30. The fourth-order valence-electron chi connectivity index (χ4n) is 1.56. The minimum absolute atomic E-state index is 0.150. The number of carboxylic acids is 1. The van der Waals surface area contributed by atoms with Crippen molar-refractivity contribution >= 4 is 29.2 Å². The average Bonchev–Trinajstić information content (AvgIpc) is 2.89. The molecule has 1 amide bonds. The van der Waals surface area contributed by atoms with Crippen LogP contribution in [0.1, 0.15) is 0 Å². The highest BCUT2D eigenvalue weighted by atomic mass is 35.5. The summed E-state index contributed by atoms with van der Waals surface area (Å²) in [5, 5.41) is 19.8. The van der Waals surface area contributed by atoms with E-state index < -0.39 is 18.4 Å². The van der Waals surface area contributed by atoms with Crippen LogP contribution < -0.4 is 4.90 Å². The van der Waals surface area contributed by atoms with Gasteiger partial charge in [-0.3, -0.25) is 14.5 Å². The topological polar surface area (TPSA) is 101 Å². The normalized spacial score (nSPS) is 10.2. The predicted octanol–water partition coefficient (Wildman–Crippen LogP) is 0.444. The van der Waals surface area contributed by atoms with E-state index in [4.69, 9.17) is 16.7 Å². The van der Waals surface area contributed by atoms with E-state index in [9.17, 15) is 9.59 Å². The summed E-state index contributed by atoms with van der Waals surface area (Å²) in [5.41, 5.74) is 0.440. The van der Waals surface area contributed by atoms with Gasteiger partial charge in [0.1, 0.15) is 19.4 Å². The van der Waals surface area contributed by atoms with Gasteiger partial charge in [-0.05, 0) is 34.7 Å². The molecule has 2 aromatic rings. The summed E-state index contributed by atoms with van der Waals surface area (Å²) in [7, 11) is 0. The molecule has 1 aromatic heterocycles. The van der Waals surface area contributed by atoms with Crippen LogP contribution in [0, 0.1) is 0 Å². The van der Waals surface area contributed by atoms with Gasteiger partial charge in [0, 0.05) is 10.7 Å². The molecular weight excluding hydrogens is 286 g/mol. The van der Waals surface area contributed by atoms with Gasteiger partial charge in [0.15, 0.2) is 0 Å². The van der Waals surface area contributed by atoms with Crippen LogP contribution in [0.15, 0.2) is 30.6 Å². The second-order valence-electron chi connectivity index (χ2n) is 3.86. The Morgan fingerprint density at radius 2 is 2.00 bits per heavy atom. The number of carbonyl (C=O) groups is 2. The Morgan fingerprint density at radius 3 is 2.55 bits per heavy atom. The van der Waals surface area contributed by atoms with Gasteiger partial charge >= 0.3 is 5.97 Å². The van der Waals surface area contributed by atoms with Crippen molar-refractivity contribution in [3.63, 3.8) is 0 Å². The van der Waals surface area contributed by atoms with Crippen LogP contribution in [0.2, 0.25) is 5.02 Å². The number of nitrogens with zero attached hydrogens (tertiary/aromatic N) is 5. The van der Waals surface area contributed by atoms with Crippen molar-refractivity contribution in [2.24, 2.45) is 0 Å². The number of benzene rings is 1. The molecule has 0 aliphatic heterocycles. The molecular formula is C11H10ClN5O3. The molecule has 0 aliphatic carbocycles. The highest BCUT2D eigenvalue weighted by Gasteiger charge is 2.19. The van der Waals surface area contributed by atoms with E-state index in [0.717, 1.165) is 4.90 Å². The van der Waals surface area contributed by atoms with Crippen LogP contribution in [0.4, 0.5) is 5.69 Å². The van der Waals surface area contributed by atoms with Gasteiger partial charge in [-0.1, -0.05) is 11.6 Å². The fourth-order valence-corrected chi connectivity index (χ4v) is 1.68. The summed E-state index contributed by atoms with van der Waals surface area (Å²) in [6.45, 7) is -0.606. The number of halogens is 1. The lowest BCUT2D eigenvalue weighted by molar-refractivity contribution is -0.136. The van der Waals surface area contributed by atoms with Crippen molar-refractivity contribution in [3.8, 4) is 0 Å². The maximum Gasteiger partial charge on any atom is 0.323 e. The lowest BCUT2D eigenvalue weighted by Crippen LogP contribution is -2.38. The molecule has 0 aliphatic rings. The molecule has 0 saturated heterocycles. The molecule has 9 heteroatoms. The number of tetrazole rings is 1. The Kier molecular flexibility index (Phi) is 4.26. The number of hydrogen-bond acceptors (Lipinski definition) is 5. The molecule has 1 heterocycles. The molecule has 2 rings (SSSR count). The first-order valence-electron chi connectivity index (χ1n) is 5.55. The van der Waals surface area contributed by atoms with Crippen molar-refractivity contribution in [3.05, 3.63) is 35.6 Å². The number of aliphatic carboxylic acids is 1. The number of anilines is 1. The van der Waals surface area contributed by atoms with Crippen molar-refractivity contribution in [1.82, 2.24) is 20.2 Å². The molecule has 0 atom stereocenters. The van der Waals surface area contributed by atoms with Crippen LogP contribution >= 0.6 is 11.6 Å². The molecule has 0 unspecified atom stereocenters. The SMILES string of the molecule is O=C(O)CN(C(=O)Cn1cnnn1)c1ccc(Cl)cc1. The van der Waals surface area contributed by atoms with E-state index in [1.54, 1.807) is 24.3 Å². The molecule has 1 N–H and O–H groups in total. The van der Waals surface area contributed by atoms with Crippen molar-refractivity contribution in [1.29, 1.82) is 0 Å². The number of amides is 1. The summed E-state index contributed by atoms with van der Waals surface area (Å²) in [6.07, 6.45) is 1.28. The van der Waals surface area contributed by atoms with Crippen LogP contribution in [0.3, 0.4) is 0 Å². The number of hydrogen-bond donors (Lipinski definition) is 1. The van der Waals surface area contributed by atoms with Gasteiger partial charge in [-0.2, -0.15) is 0 Å². The molecule has 1 aromatic carbocycles. The number of carboxylic acid groups (broad SMARTS) is 1. The molecule has 0 bridgehead atoms. The van der Waals surface area contributed by atoms with Gasteiger partial charge in [0.05, 0.1) is 0 Å². The van der Waals surface area contributed by atoms with E-state index in [1.165, 1.54) is 11.0 Å². The summed E-state index contributed by atoms with van der Waals surface area (Å²) in [6, 6.07) is 6.30. The standard InChI is InChI=1S/C11H10ClN5O3/c12-8-1-3-9(4-2-8)17(6-11(19)20)10(18)5-16-7-13-14-15-16/h1-4,7H,5-6H2,(H,19,20). The minimum Gasteiger partial charge on any atom is -0.480 e. The number of carbonyl (C=O) groups excluding carboxylic acids is 1. The summed E-state index contributed by atoms with van der Waals surface area (Å²) >= 11 is 5.77. The summed E-state index contributed by atoms with van der Waals surface area (Å²) in [5.74, 6) is -1.56. The van der Waals surface area contributed by atoms with E-state index in [0.29, 0.717) is 10.7 Å². The molecule has 0 spiro atoms. The summed E-state index contributed by atoms with van der Waals surface area (Å²) < 4.78 is 1.22. The average molecular weight is 296 g/mol. The lowest BCUT2D eigenvalue weighted by atomic mass is 10.2. The van der Waals surface area contributed by atoms with Gasteiger partial charge in [0.25, 0.3) is 0 Å². The quantitative estimate of drug-likeness (QED) is 0.859. The molecule has 0 radical (unpaired) electrons. The second-order valence-corrected chi connectivity index (χ2v) is 4.29. The smallest absolute Gasteiger partial charge is 0.323 e. The molecule has 8 nitrogen and oxygen atoms in total. The predicted molar refractivity (Wildman–Crippen MR) is 69.3 cm³/mol. The van der Waals surface area contributed by atoms with Gasteiger partial charge in [0.2, 0.25) is 5.91 Å². The highest BCUT2D eigenvalue weighted by Crippen LogP contribution is 2.18. The summed E-state index contributed by atoms with van der Waals surface area (Å²) in [4.78, 5) is 24.2. The maximum absolute atomic E-state index is 12.1. The Bertz CT molecular complexity index is 599. The van der Waals surface area contributed by atoms with Gasteiger partial charge in [-0.25, -0.2) is 4.68 Å². The van der Waals surface area contributed by atoms with Crippen molar-refractivity contribution in [2.45, 2.75) is 6.54 Å². The van der Waals surface area contributed by atoms with E-state index in [2.05, 4.69) is 15.5 Å². The van der Waals surface area contributed by atoms with Crippen molar-refractivity contribution < 1.29 is 14.7 Å². The first kappa shape index (κ1) is 13.9. The zero-order chi connectivity index (χ0) is 14.5. The molecule has 0 fully saturated rings. The monoisotopic (exact) mass is 295 g/mol. The molecule has 20 heavy (non-hydrogen) atoms. The van der Waals surface area contributed by atoms with Crippen LogP contribution in [0.5, 0.6) is 0 Å². The molecule has 104 valence electrons. The first-order chi connectivity index (χ1) is 9.56. The third-order valence-corrected chi connectivity index (χ3v) is 2.67. The third kappa shape index (κ3) is 3.51. The van der Waals surface area contributed by atoms with Crippen LogP contribution in [-0.2, 0) is 16.1 Å². The Labute approximate surface area is 118 Å². The van der Waals surface area contributed by atoms with E-state index in [-0.39, 0.29) is 6.54 Å². The Hall–Kier alpha value is -2.48. The Morgan fingerprint density at radius 1 is 1.30 bits per heavy atom. The maximum atomic E-state index is 12.1. The largest absolute Gasteiger partial charge is 0.480 e. The number of aromatic nitrogens is 4. The Balaban J connectivity index is 2.20. The molecule has 0 saturated carbocycles. The number of rotatable bonds is 5. The van der Waals surface area contributed by atoms with Crippen molar-refractivity contribution in [2.75, 3.05) is 11.4 Å². The van der Waals surface area contributed by atoms with Gasteiger partial charge < -0.3 is 5.11 Å². The van der Waals surface area contributed by atoms with Crippen LogP contribution in [-0.4, -0.2) is 43.7 Å².